The van der Waals surface area contributed by atoms with Crippen LogP contribution in [0.25, 0.3) is 85.7 Å². The van der Waals surface area contributed by atoms with E-state index in [1.807, 2.05) is 17.6 Å². The highest BCUT2D eigenvalue weighted by atomic mass is 32.1. The van der Waals surface area contributed by atoms with Crippen LogP contribution in [0.2, 0.25) is 0 Å². The summed E-state index contributed by atoms with van der Waals surface area (Å²) in [5.74, 6) is 0. The van der Waals surface area contributed by atoms with Gasteiger partial charge in [0.2, 0.25) is 0 Å². The van der Waals surface area contributed by atoms with Crippen LogP contribution in [0.5, 0.6) is 0 Å². The van der Waals surface area contributed by atoms with Gasteiger partial charge in [0.15, 0.2) is 0 Å². The molecule has 9 aromatic rings. The van der Waals surface area contributed by atoms with Crippen LogP contribution in [-0.4, -0.2) is 0 Å². The molecule has 0 N–H and O–H groups in total. The normalized spacial score (nSPS) is 12.0. The fourth-order valence-electron chi connectivity index (χ4n) is 6.59. The summed E-state index contributed by atoms with van der Waals surface area (Å²) in [6, 6.07) is 46.4. The van der Waals surface area contributed by atoms with Crippen molar-refractivity contribution < 1.29 is 4.42 Å². The van der Waals surface area contributed by atoms with Crippen LogP contribution in [0.3, 0.4) is 0 Å². The minimum Gasteiger partial charge on any atom is -0.464 e. The standard InChI is InChI=1S/C38H22OS/c1-2-10-24-21-25(18-17-23(24)9-1)35-27-12-3-5-14-29(27)36(30-15-6-4-13-28(30)35)37-31-19-20-39-33(31)22-32-26-11-7-8-16-34(26)40-38(32)37/h1-22H. The maximum Gasteiger partial charge on any atom is 0.135 e. The lowest BCUT2D eigenvalue weighted by Crippen LogP contribution is -1.91. The molecular formula is C38H22OS. The number of furan rings is 1. The molecule has 2 heterocycles. The van der Waals surface area contributed by atoms with Gasteiger partial charge in [-0.25, -0.2) is 0 Å². The van der Waals surface area contributed by atoms with Gasteiger partial charge in [-0.3, -0.25) is 0 Å². The summed E-state index contributed by atoms with van der Waals surface area (Å²) in [5.41, 5.74) is 6.00. The molecule has 0 saturated heterocycles. The zero-order valence-corrected chi connectivity index (χ0v) is 22.3. The number of thiophene rings is 1. The third kappa shape index (κ3) is 3.03. The molecule has 40 heavy (non-hydrogen) atoms. The molecule has 7 aromatic carbocycles. The van der Waals surface area contributed by atoms with E-state index in [1.165, 1.54) is 74.7 Å². The van der Waals surface area contributed by atoms with Gasteiger partial charge in [-0.1, -0.05) is 103 Å². The molecule has 0 aliphatic heterocycles. The third-order valence-corrected chi connectivity index (χ3v) is 9.52. The molecule has 0 radical (unpaired) electrons. The zero-order chi connectivity index (χ0) is 26.2. The number of fused-ring (bicyclic) bond motifs is 7. The van der Waals surface area contributed by atoms with Crippen LogP contribution in [0.1, 0.15) is 0 Å². The van der Waals surface area contributed by atoms with Gasteiger partial charge >= 0.3 is 0 Å². The number of benzene rings is 7. The molecule has 9 rings (SSSR count). The Morgan fingerprint density at radius 3 is 1.80 bits per heavy atom. The molecular weight excluding hydrogens is 504 g/mol. The summed E-state index contributed by atoms with van der Waals surface area (Å²) >= 11 is 1.88. The van der Waals surface area contributed by atoms with E-state index in [0.717, 1.165) is 11.0 Å². The van der Waals surface area contributed by atoms with Crippen LogP contribution < -0.4 is 0 Å². The van der Waals surface area contributed by atoms with Gasteiger partial charge in [-0.05, 0) is 73.3 Å². The first-order valence-corrected chi connectivity index (χ1v) is 14.4. The highest BCUT2D eigenvalue weighted by Crippen LogP contribution is 2.50. The molecule has 0 saturated carbocycles. The predicted molar refractivity (Wildman–Crippen MR) is 172 cm³/mol. The molecule has 0 fully saturated rings. The quantitative estimate of drug-likeness (QED) is 0.204. The second-order valence-corrected chi connectivity index (χ2v) is 11.5. The average Bonchev–Trinajstić information content (AvgIpc) is 3.63. The van der Waals surface area contributed by atoms with Crippen LogP contribution in [-0.2, 0) is 0 Å². The molecule has 186 valence electrons. The largest absolute Gasteiger partial charge is 0.464 e. The van der Waals surface area contributed by atoms with E-state index in [4.69, 9.17) is 4.42 Å². The van der Waals surface area contributed by atoms with Crippen molar-refractivity contribution in [1.29, 1.82) is 0 Å². The molecule has 0 bridgehead atoms. The Bertz CT molecular complexity index is 2380. The Labute approximate surface area is 234 Å². The number of hydrogen-bond acceptors (Lipinski definition) is 2. The summed E-state index contributed by atoms with van der Waals surface area (Å²) in [5, 5.41) is 11.3. The van der Waals surface area contributed by atoms with Gasteiger partial charge in [0.1, 0.15) is 5.58 Å². The third-order valence-electron chi connectivity index (χ3n) is 8.32. The van der Waals surface area contributed by atoms with E-state index in [2.05, 4.69) is 127 Å². The van der Waals surface area contributed by atoms with Gasteiger partial charge < -0.3 is 4.42 Å². The van der Waals surface area contributed by atoms with E-state index < -0.39 is 0 Å². The molecule has 0 spiro atoms. The topological polar surface area (TPSA) is 13.1 Å². The monoisotopic (exact) mass is 526 g/mol. The second kappa shape index (κ2) is 8.29. The summed E-state index contributed by atoms with van der Waals surface area (Å²) in [4.78, 5) is 0. The second-order valence-electron chi connectivity index (χ2n) is 10.5. The fourth-order valence-corrected chi connectivity index (χ4v) is 7.84. The maximum absolute atomic E-state index is 6.07. The predicted octanol–water partition coefficient (Wildman–Crippen LogP) is 11.6. The van der Waals surface area contributed by atoms with E-state index >= 15 is 0 Å². The molecule has 0 amide bonds. The lowest BCUT2D eigenvalue weighted by molar-refractivity contribution is 0.616. The summed E-state index contributed by atoms with van der Waals surface area (Å²) in [7, 11) is 0. The average molecular weight is 527 g/mol. The smallest absolute Gasteiger partial charge is 0.135 e. The van der Waals surface area contributed by atoms with E-state index in [1.54, 1.807) is 0 Å². The molecule has 2 aromatic heterocycles. The maximum atomic E-state index is 6.07. The zero-order valence-electron chi connectivity index (χ0n) is 21.5. The minimum atomic E-state index is 0.929. The van der Waals surface area contributed by atoms with Gasteiger partial charge in [-0.15, -0.1) is 11.3 Å². The minimum absolute atomic E-state index is 0.929. The van der Waals surface area contributed by atoms with Crippen molar-refractivity contribution in [3.63, 3.8) is 0 Å². The lowest BCUT2D eigenvalue weighted by Gasteiger charge is -2.19. The van der Waals surface area contributed by atoms with Crippen molar-refractivity contribution in [2.45, 2.75) is 0 Å². The number of rotatable bonds is 2. The molecule has 0 unspecified atom stereocenters. The van der Waals surface area contributed by atoms with Gasteiger partial charge in [-0.2, -0.15) is 0 Å². The fraction of sp³-hybridized carbons (Fsp3) is 0. The molecule has 0 aliphatic rings. The highest BCUT2D eigenvalue weighted by Gasteiger charge is 2.22. The van der Waals surface area contributed by atoms with Crippen molar-refractivity contribution in [3.8, 4) is 22.3 Å². The Morgan fingerprint density at radius 1 is 0.425 bits per heavy atom. The first kappa shape index (κ1) is 22.0. The Morgan fingerprint density at radius 2 is 1.05 bits per heavy atom. The van der Waals surface area contributed by atoms with Crippen LogP contribution in [0.15, 0.2) is 138 Å². The van der Waals surface area contributed by atoms with Gasteiger partial charge in [0.25, 0.3) is 0 Å². The molecule has 0 aliphatic carbocycles. The Hall–Kier alpha value is -4.92. The van der Waals surface area contributed by atoms with Crippen LogP contribution >= 0.6 is 11.3 Å². The lowest BCUT2D eigenvalue weighted by atomic mass is 9.84. The van der Waals surface area contributed by atoms with E-state index in [9.17, 15) is 0 Å². The molecule has 2 heteroatoms. The van der Waals surface area contributed by atoms with Crippen molar-refractivity contribution in [1.82, 2.24) is 0 Å². The van der Waals surface area contributed by atoms with Crippen LogP contribution in [0.4, 0.5) is 0 Å². The van der Waals surface area contributed by atoms with Crippen molar-refractivity contribution in [2.24, 2.45) is 0 Å². The summed E-state index contributed by atoms with van der Waals surface area (Å²) < 4.78 is 8.68. The first-order valence-electron chi connectivity index (χ1n) is 13.6. The van der Waals surface area contributed by atoms with Gasteiger partial charge in [0.05, 0.1) is 6.26 Å². The SMILES string of the molecule is c1ccc2cc(-c3c4ccccc4c(-c4c5ccoc5cc5c4sc4ccccc45)c4ccccc34)ccc2c1. The first-order chi connectivity index (χ1) is 19.8. The van der Waals surface area contributed by atoms with Crippen molar-refractivity contribution in [3.05, 3.63) is 134 Å². The van der Waals surface area contributed by atoms with E-state index in [-0.39, 0.29) is 0 Å². The summed E-state index contributed by atoms with van der Waals surface area (Å²) in [6.45, 7) is 0. The van der Waals surface area contributed by atoms with Crippen molar-refractivity contribution >= 4 is 74.8 Å². The highest BCUT2D eigenvalue weighted by molar-refractivity contribution is 7.26. The van der Waals surface area contributed by atoms with Crippen LogP contribution in [0, 0.1) is 0 Å². The Balaban J connectivity index is 1.49. The molecule has 0 atom stereocenters. The Kier molecular flexibility index (Phi) is 4.55. The molecule has 1 nitrogen and oxygen atoms in total. The van der Waals surface area contributed by atoms with Gasteiger partial charge in [0, 0.05) is 31.1 Å². The summed E-state index contributed by atoms with van der Waals surface area (Å²) in [6.07, 6.45) is 1.83. The van der Waals surface area contributed by atoms with E-state index in [0.29, 0.717) is 0 Å². The number of hydrogen-bond donors (Lipinski definition) is 0. The van der Waals surface area contributed by atoms with Crippen molar-refractivity contribution in [2.75, 3.05) is 0 Å².